The lowest BCUT2D eigenvalue weighted by atomic mass is 9.99. The number of hydrogen-bond acceptors (Lipinski definition) is 2. The van der Waals surface area contributed by atoms with E-state index in [-0.39, 0.29) is 0 Å². The van der Waals surface area contributed by atoms with Crippen LogP contribution in [0.1, 0.15) is 55.7 Å². The van der Waals surface area contributed by atoms with Crippen LogP contribution in [0.25, 0.3) is 11.1 Å². The number of benzene rings is 2. The predicted octanol–water partition coefficient (Wildman–Crippen LogP) is 5.25. The van der Waals surface area contributed by atoms with Gasteiger partial charge in [-0.3, -0.25) is 9.80 Å². The summed E-state index contributed by atoms with van der Waals surface area (Å²) in [4.78, 5) is 5.23. The Bertz CT molecular complexity index is 729. The second kappa shape index (κ2) is 6.83. The quantitative estimate of drug-likeness (QED) is 0.705. The van der Waals surface area contributed by atoms with Crippen molar-refractivity contribution in [2.45, 2.75) is 63.2 Å². The van der Waals surface area contributed by atoms with Crippen LogP contribution in [0.4, 0.5) is 0 Å². The SMILES string of the molecule is CN1CCCC1c1ccc(-c2ccc(CN(C3CC3)C3CC3)cc2)cc1. The second-order valence-electron chi connectivity index (χ2n) is 8.59. The topological polar surface area (TPSA) is 6.48 Å². The summed E-state index contributed by atoms with van der Waals surface area (Å²) in [6.07, 6.45) is 8.27. The highest BCUT2D eigenvalue weighted by Crippen LogP contribution is 2.38. The Morgan fingerprint density at radius 2 is 1.38 bits per heavy atom. The summed E-state index contributed by atoms with van der Waals surface area (Å²) in [6.45, 7) is 2.37. The van der Waals surface area contributed by atoms with Crippen LogP contribution in [0.5, 0.6) is 0 Å². The summed E-state index contributed by atoms with van der Waals surface area (Å²) in [5.74, 6) is 0. The van der Waals surface area contributed by atoms with E-state index < -0.39 is 0 Å². The first kappa shape index (κ1) is 16.5. The Morgan fingerprint density at radius 1 is 0.808 bits per heavy atom. The lowest BCUT2D eigenvalue weighted by Gasteiger charge is -2.21. The van der Waals surface area contributed by atoms with E-state index in [0.29, 0.717) is 6.04 Å². The Labute approximate surface area is 157 Å². The molecule has 3 aliphatic rings. The van der Waals surface area contributed by atoms with Gasteiger partial charge in [0.15, 0.2) is 0 Å². The van der Waals surface area contributed by atoms with E-state index in [1.807, 2.05) is 0 Å². The molecule has 2 heteroatoms. The average molecular weight is 347 g/mol. The van der Waals surface area contributed by atoms with Crippen molar-refractivity contribution in [3.8, 4) is 11.1 Å². The maximum absolute atomic E-state index is 2.75. The molecule has 0 spiro atoms. The van der Waals surface area contributed by atoms with E-state index >= 15 is 0 Å². The van der Waals surface area contributed by atoms with Crippen molar-refractivity contribution in [1.82, 2.24) is 9.80 Å². The van der Waals surface area contributed by atoms with Crippen molar-refractivity contribution in [1.29, 1.82) is 0 Å². The molecule has 2 aliphatic carbocycles. The molecule has 1 atom stereocenters. The van der Waals surface area contributed by atoms with Gasteiger partial charge in [0, 0.05) is 24.7 Å². The second-order valence-corrected chi connectivity index (χ2v) is 8.59. The van der Waals surface area contributed by atoms with Crippen molar-refractivity contribution in [3.05, 3.63) is 59.7 Å². The highest BCUT2D eigenvalue weighted by atomic mass is 15.2. The van der Waals surface area contributed by atoms with E-state index in [9.17, 15) is 0 Å². The van der Waals surface area contributed by atoms with Crippen LogP contribution in [-0.2, 0) is 6.54 Å². The van der Waals surface area contributed by atoms with Gasteiger partial charge in [-0.05, 0) is 74.4 Å². The van der Waals surface area contributed by atoms with Gasteiger partial charge in [-0.1, -0.05) is 48.5 Å². The lowest BCUT2D eigenvalue weighted by molar-refractivity contribution is 0.244. The molecule has 26 heavy (non-hydrogen) atoms. The van der Waals surface area contributed by atoms with Crippen LogP contribution < -0.4 is 0 Å². The third-order valence-corrected chi connectivity index (χ3v) is 6.50. The third kappa shape index (κ3) is 3.45. The van der Waals surface area contributed by atoms with Gasteiger partial charge in [0.1, 0.15) is 0 Å². The maximum Gasteiger partial charge on any atom is 0.0345 e. The van der Waals surface area contributed by atoms with Gasteiger partial charge in [0.05, 0.1) is 0 Å². The molecule has 1 aliphatic heterocycles. The highest BCUT2D eigenvalue weighted by Gasteiger charge is 2.38. The van der Waals surface area contributed by atoms with Crippen molar-refractivity contribution in [2.75, 3.05) is 13.6 Å². The number of likely N-dealkylation sites (tertiary alicyclic amines) is 1. The zero-order valence-corrected chi connectivity index (χ0v) is 15.9. The van der Waals surface area contributed by atoms with Crippen LogP contribution in [0.3, 0.4) is 0 Å². The molecule has 2 saturated carbocycles. The summed E-state index contributed by atoms with van der Waals surface area (Å²) in [7, 11) is 2.25. The molecule has 2 aromatic carbocycles. The molecule has 0 bridgehead atoms. The Balaban J connectivity index is 1.28. The third-order valence-electron chi connectivity index (χ3n) is 6.50. The van der Waals surface area contributed by atoms with E-state index in [4.69, 9.17) is 0 Å². The first-order valence-electron chi connectivity index (χ1n) is 10.4. The van der Waals surface area contributed by atoms with Gasteiger partial charge >= 0.3 is 0 Å². The first-order valence-corrected chi connectivity index (χ1v) is 10.4. The molecule has 1 saturated heterocycles. The van der Waals surface area contributed by atoms with Gasteiger partial charge in [-0.25, -0.2) is 0 Å². The van der Waals surface area contributed by atoms with Crippen molar-refractivity contribution < 1.29 is 0 Å². The maximum atomic E-state index is 2.75. The fourth-order valence-electron chi connectivity index (χ4n) is 4.61. The summed E-state index contributed by atoms with van der Waals surface area (Å²) < 4.78 is 0. The van der Waals surface area contributed by atoms with Crippen molar-refractivity contribution >= 4 is 0 Å². The van der Waals surface area contributed by atoms with Gasteiger partial charge in [-0.15, -0.1) is 0 Å². The van der Waals surface area contributed by atoms with E-state index in [0.717, 1.165) is 18.6 Å². The average Bonchev–Trinajstić information content (AvgIpc) is 3.60. The molecule has 136 valence electrons. The van der Waals surface area contributed by atoms with Gasteiger partial charge in [0.25, 0.3) is 0 Å². The van der Waals surface area contributed by atoms with Crippen LogP contribution >= 0.6 is 0 Å². The van der Waals surface area contributed by atoms with Crippen LogP contribution in [0, 0.1) is 0 Å². The van der Waals surface area contributed by atoms with Crippen LogP contribution in [-0.4, -0.2) is 35.5 Å². The number of rotatable bonds is 6. The van der Waals surface area contributed by atoms with Gasteiger partial charge < -0.3 is 0 Å². The zero-order valence-electron chi connectivity index (χ0n) is 15.9. The predicted molar refractivity (Wildman–Crippen MR) is 108 cm³/mol. The summed E-state index contributed by atoms with van der Waals surface area (Å²) in [5, 5.41) is 0. The molecule has 1 heterocycles. The van der Waals surface area contributed by atoms with E-state index in [1.54, 1.807) is 0 Å². The van der Waals surface area contributed by atoms with Crippen LogP contribution in [0.2, 0.25) is 0 Å². The van der Waals surface area contributed by atoms with E-state index in [2.05, 4.69) is 65.4 Å². The Morgan fingerprint density at radius 3 is 1.88 bits per heavy atom. The fraction of sp³-hybridized carbons (Fsp3) is 0.500. The molecule has 3 fully saturated rings. The minimum absolute atomic E-state index is 0.613. The number of nitrogens with zero attached hydrogens (tertiary/aromatic N) is 2. The van der Waals surface area contributed by atoms with Crippen LogP contribution in [0.15, 0.2) is 48.5 Å². The Hall–Kier alpha value is -1.64. The molecule has 0 aromatic heterocycles. The minimum atomic E-state index is 0.613. The molecule has 0 amide bonds. The van der Waals surface area contributed by atoms with Gasteiger partial charge in [-0.2, -0.15) is 0 Å². The summed E-state index contributed by atoms with van der Waals surface area (Å²) in [5.41, 5.74) is 5.61. The number of hydrogen-bond donors (Lipinski definition) is 0. The smallest absolute Gasteiger partial charge is 0.0345 e. The molecule has 0 radical (unpaired) electrons. The normalized spacial score (nSPS) is 23.7. The van der Waals surface area contributed by atoms with Gasteiger partial charge in [0.2, 0.25) is 0 Å². The Kier molecular flexibility index (Phi) is 4.34. The molecule has 2 aromatic rings. The molecular formula is C24H30N2. The lowest BCUT2D eigenvalue weighted by Crippen LogP contribution is -2.27. The fourth-order valence-corrected chi connectivity index (χ4v) is 4.61. The molecule has 1 unspecified atom stereocenters. The van der Waals surface area contributed by atoms with Crippen molar-refractivity contribution in [2.24, 2.45) is 0 Å². The molecule has 5 rings (SSSR count). The standard InChI is InChI=1S/C24H30N2/c1-25-16-2-3-24(25)21-10-8-20(9-11-21)19-6-4-18(5-7-19)17-26(22-12-13-22)23-14-15-23/h4-11,22-24H,2-3,12-17H2,1H3. The zero-order chi connectivity index (χ0) is 17.5. The molecule has 0 N–H and O–H groups in total. The summed E-state index contributed by atoms with van der Waals surface area (Å²) >= 11 is 0. The molecular weight excluding hydrogens is 316 g/mol. The highest BCUT2D eigenvalue weighted by molar-refractivity contribution is 5.64. The minimum Gasteiger partial charge on any atom is -0.299 e. The molecule has 2 nitrogen and oxygen atoms in total. The monoisotopic (exact) mass is 346 g/mol. The van der Waals surface area contributed by atoms with E-state index in [1.165, 1.54) is 67.3 Å². The first-order chi connectivity index (χ1) is 12.8. The largest absolute Gasteiger partial charge is 0.299 e. The summed E-state index contributed by atoms with van der Waals surface area (Å²) in [6, 6.07) is 20.9. The van der Waals surface area contributed by atoms with Crippen molar-refractivity contribution in [3.63, 3.8) is 0 Å².